The number of aryl methyl sites for hydroxylation is 1. The van der Waals surface area contributed by atoms with Crippen LogP contribution in [0.5, 0.6) is 0 Å². The SMILES string of the molecule is Cc1cccc([N+](=O)[O-])c1C(=O)C1CC(=O)OCC1=O. The van der Waals surface area contributed by atoms with E-state index in [1.165, 1.54) is 12.1 Å². The Morgan fingerprint density at radius 1 is 1.40 bits per heavy atom. The zero-order valence-corrected chi connectivity index (χ0v) is 10.6. The molecular formula is C13H11NO6. The summed E-state index contributed by atoms with van der Waals surface area (Å²) in [6, 6.07) is 4.21. The van der Waals surface area contributed by atoms with Gasteiger partial charge in [-0.1, -0.05) is 12.1 Å². The highest BCUT2D eigenvalue weighted by atomic mass is 16.6. The molecule has 20 heavy (non-hydrogen) atoms. The second-order valence-electron chi connectivity index (χ2n) is 4.47. The van der Waals surface area contributed by atoms with Crippen molar-refractivity contribution in [2.75, 3.05) is 6.61 Å². The summed E-state index contributed by atoms with van der Waals surface area (Å²) in [5.41, 5.74) is -0.0803. The molecule has 1 atom stereocenters. The van der Waals surface area contributed by atoms with Crippen LogP contribution in [-0.4, -0.2) is 29.1 Å². The molecule has 1 aromatic rings. The van der Waals surface area contributed by atoms with Gasteiger partial charge in [-0.3, -0.25) is 24.5 Å². The molecule has 0 saturated carbocycles. The highest BCUT2D eigenvalue weighted by molar-refractivity contribution is 6.15. The zero-order valence-electron chi connectivity index (χ0n) is 10.6. The first kappa shape index (κ1) is 13.9. The number of Topliss-reactive ketones (excluding diaryl/α,β-unsaturated/α-hetero) is 2. The molecule has 0 aromatic heterocycles. The number of ether oxygens (including phenoxy) is 1. The van der Waals surface area contributed by atoms with Crippen LogP contribution in [0.1, 0.15) is 22.3 Å². The average Bonchev–Trinajstić information content (AvgIpc) is 2.40. The molecule has 0 radical (unpaired) electrons. The number of cyclic esters (lactones) is 1. The van der Waals surface area contributed by atoms with Gasteiger partial charge in [0.25, 0.3) is 5.69 Å². The number of esters is 1. The van der Waals surface area contributed by atoms with E-state index in [4.69, 9.17) is 0 Å². The second kappa shape index (κ2) is 5.20. The van der Waals surface area contributed by atoms with Crippen molar-refractivity contribution < 1.29 is 24.0 Å². The fraction of sp³-hybridized carbons (Fsp3) is 0.308. The van der Waals surface area contributed by atoms with Crippen molar-refractivity contribution in [3.8, 4) is 0 Å². The van der Waals surface area contributed by atoms with Gasteiger partial charge in [0.2, 0.25) is 0 Å². The van der Waals surface area contributed by atoms with E-state index in [0.717, 1.165) is 0 Å². The summed E-state index contributed by atoms with van der Waals surface area (Å²) < 4.78 is 4.54. The molecule has 1 aliphatic rings. The van der Waals surface area contributed by atoms with Crippen molar-refractivity contribution in [2.45, 2.75) is 13.3 Å². The van der Waals surface area contributed by atoms with E-state index in [1.54, 1.807) is 13.0 Å². The van der Waals surface area contributed by atoms with Crippen molar-refractivity contribution in [2.24, 2.45) is 5.92 Å². The van der Waals surface area contributed by atoms with Crippen LogP contribution in [0.3, 0.4) is 0 Å². The number of hydrogen-bond acceptors (Lipinski definition) is 6. The minimum Gasteiger partial charge on any atom is -0.458 e. The van der Waals surface area contributed by atoms with Crippen molar-refractivity contribution >= 4 is 23.2 Å². The van der Waals surface area contributed by atoms with Crippen LogP contribution >= 0.6 is 0 Å². The molecule has 1 fully saturated rings. The Kier molecular flexibility index (Phi) is 3.60. The van der Waals surface area contributed by atoms with Gasteiger partial charge in [0.05, 0.1) is 22.8 Å². The summed E-state index contributed by atoms with van der Waals surface area (Å²) in [7, 11) is 0. The van der Waals surface area contributed by atoms with Gasteiger partial charge in [-0.15, -0.1) is 0 Å². The molecule has 0 N–H and O–H groups in total. The van der Waals surface area contributed by atoms with Crippen LogP contribution in [-0.2, 0) is 14.3 Å². The molecule has 2 rings (SSSR count). The van der Waals surface area contributed by atoms with Crippen LogP contribution in [0, 0.1) is 23.0 Å². The fourth-order valence-electron chi connectivity index (χ4n) is 2.13. The smallest absolute Gasteiger partial charge is 0.307 e. The Morgan fingerprint density at radius 3 is 2.75 bits per heavy atom. The summed E-state index contributed by atoms with van der Waals surface area (Å²) >= 11 is 0. The Hall–Kier alpha value is -2.57. The van der Waals surface area contributed by atoms with Gasteiger partial charge >= 0.3 is 5.97 Å². The largest absolute Gasteiger partial charge is 0.458 e. The number of carbonyl (C=O) groups excluding carboxylic acids is 3. The van der Waals surface area contributed by atoms with Crippen molar-refractivity contribution in [3.63, 3.8) is 0 Å². The van der Waals surface area contributed by atoms with Gasteiger partial charge in [0.1, 0.15) is 0 Å². The van der Waals surface area contributed by atoms with Gasteiger partial charge in [-0.2, -0.15) is 0 Å². The first-order valence-corrected chi connectivity index (χ1v) is 5.88. The minimum atomic E-state index is -1.20. The minimum absolute atomic E-state index is 0.120. The van der Waals surface area contributed by atoms with E-state index in [1.807, 2.05) is 0 Å². The van der Waals surface area contributed by atoms with Crippen LogP contribution in [0.2, 0.25) is 0 Å². The Labute approximate surface area is 113 Å². The summed E-state index contributed by atoms with van der Waals surface area (Å²) in [6.45, 7) is 1.08. The topological polar surface area (TPSA) is 104 Å². The van der Waals surface area contributed by atoms with Crippen LogP contribution in [0.15, 0.2) is 18.2 Å². The fourth-order valence-corrected chi connectivity index (χ4v) is 2.13. The molecule has 7 heteroatoms. The number of hydrogen-bond donors (Lipinski definition) is 0. The maximum atomic E-state index is 12.4. The molecule has 7 nitrogen and oxygen atoms in total. The molecule has 1 aromatic carbocycles. The van der Waals surface area contributed by atoms with E-state index in [0.29, 0.717) is 5.56 Å². The molecule has 104 valence electrons. The predicted molar refractivity (Wildman–Crippen MR) is 66.2 cm³/mol. The molecule has 1 aliphatic heterocycles. The lowest BCUT2D eigenvalue weighted by atomic mass is 9.87. The third-order valence-electron chi connectivity index (χ3n) is 3.15. The lowest BCUT2D eigenvalue weighted by Gasteiger charge is -2.19. The summed E-state index contributed by atoms with van der Waals surface area (Å²) in [5.74, 6) is -3.08. The average molecular weight is 277 g/mol. The van der Waals surface area contributed by atoms with Gasteiger partial charge in [0, 0.05) is 6.07 Å². The molecule has 1 unspecified atom stereocenters. The third-order valence-corrected chi connectivity index (χ3v) is 3.15. The molecule has 0 aliphatic carbocycles. The third kappa shape index (κ3) is 2.42. The number of ketones is 2. The number of nitro benzene ring substituents is 1. The lowest BCUT2D eigenvalue weighted by Crippen LogP contribution is -2.36. The van der Waals surface area contributed by atoms with E-state index in [2.05, 4.69) is 4.74 Å². The molecule has 0 spiro atoms. The van der Waals surface area contributed by atoms with Crippen molar-refractivity contribution in [1.29, 1.82) is 0 Å². The number of nitro groups is 1. The Morgan fingerprint density at radius 2 is 2.10 bits per heavy atom. The molecule has 1 heterocycles. The lowest BCUT2D eigenvalue weighted by molar-refractivity contribution is -0.385. The monoisotopic (exact) mass is 277 g/mol. The standard InChI is InChI=1S/C13H11NO6/c1-7-3-2-4-9(14(18)19)12(7)13(17)8-5-11(16)20-6-10(8)15/h2-4,8H,5-6H2,1H3. The quantitative estimate of drug-likeness (QED) is 0.270. The van der Waals surface area contributed by atoms with Crippen LogP contribution < -0.4 is 0 Å². The summed E-state index contributed by atoms with van der Waals surface area (Å²) in [4.78, 5) is 45.6. The normalized spacial score (nSPS) is 18.6. The number of benzene rings is 1. The second-order valence-corrected chi connectivity index (χ2v) is 4.47. The Bertz CT molecular complexity index is 621. The number of carbonyl (C=O) groups is 3. The summed E-state index contributed by atoms with van der Waals surface area (Å²) in [5, 5.41) is 11.0. The predicted octanol–water partition coefficient (Wildman–Crippen LogP) is 1.22. The first-order chi connectivity index (χ1) is 9.41. The maximum Gasteiger partial charge on any atom is 0.307 e. The van der Waals surface area contributed by atoms with Crippen LogP contribution in [0.25, 0.3) is 0 Å². The Balaban J connectivity index is 2.45. The van der Waals surface area contributed by atoms with E-state index >= 15 is 0 Å². The van der Waals surface area contributed by atoms with Gasteiger partial charge < -0.3 is 4.74 Å². The van der Waals surface area contributed by atoms with E-state index in [-0.39, 0.29) is 17.7 Å². The molecular weight excluding hydrogens is 266 g/mol. The van der Waals surface area contributed by atoms with Crippen molar-refractivity contribution in [1.82, 2.24) is 0 Å². The first-order valence-electron chi connectivity index (χ1n) is 5.88. The van der Waals surface area contributed by atoms with E-state index < -0.39 is 35.0 Å². The molecule has 1 saturated heterocycles. The molecule has 0 bridgehead atoms. The maximum absolute atomic E-state index is 12.4. The number of rotatable bonds is 3. The summed E-state index contributed by atoms with van der Waals surface area (Å²) in [6.07, 6.45) is -0.372. The van der Waals surface area contributed by atoms with Gasteiger partial charge in [-0.05, 0) is 12.5 Å². The highest BCUT2D eigenvalue weighted by Gasteiger charge is 2.38. The molecule has 0 amide bonds. The van der Waals surface area contributed by atoms with E-state index in [9.17, 15) is 24.5 Å². The zero-order chi connectivity index (χ0) is 14.9. The highest BCUT2D eigenvalue weighted by Crippen LogP contribution is 2.27. The number of nitrogens with zero attached hydrogens (tertiary/aromatic N) is 1. The van der Waals surface area contributed by atoms with Gasteiger partial charge in [-0.25, -0.2) is 0 Å². The van der Waals surface area contributed by atoms with Gasteiger partial charge in [0.15, 0.2) is 18.2 Å². The van der Waals surface area contributed by atoms with Crippen molar-refractivity contribution in [3.05, 3.63) is 39.4 Å². The van der Waals surface area contributed by atoms with Crippen LogP contribution in [0.4, 0.5) is 5.69 Å².